The molecule has 0 fully saturated rings. The van der Waals surface area contributed by atoms with Crippen LogP contribution in [0.15, 0.2) is 41.3 Å². The number of halogens is 1. The summed E-state index contributed by atoms with van der Waals surface area (Å²) in [5.41, 5.74) is 0. The minimum Gasteiger partial charge on any atom is -0.496 e. The number of hydrogen-bond donors (Lipinski definition) is 0. The minimum absolute atomic E-state index is 0.102. The molecule has 0 aliphatic rings. The van der Waals surface area contributed by atoms with Gasteiger partial charge < -0.3 is 4.74 Å². The Balaban J connectivity index is 2.90. The molecule has 0 aliphatic carbocycles. The summed E-state index contributed by atoms with van der Waals surface area (Å²) in [4.78, 5) is 0.102. The van der Waals surface area contributed by atoms with E-state index in [0.29, 0.717) is 11.1 Å². The lowest BCUT2D eigenvalue weighted by Gasteiger charge is -2.07. The molecule has 0 heterocycles. The second-order valence-corrected chi connectivity index (χ2v) is 5.78. The van der Waals surface area contributed by atoms with Crippen LogP contribution in [0.1, 0.15) is 0 Å². The molecule has 3 nitrogen and oxygen atoms in total. The SMILES string of the molecule is COc1cccc2c(S(=O)(=O)Cl)cccc12. The van der Waals surface area contributed by atoms with Gasteiger partial charge in [0.1, 0.15) is 5.75 Å². The van der Waals surface area contributed by atoms with Gasteiger partial charge in [0.05, 0.1) is 12.0 Å². The van der Waals surface area contributed by atoms with Crippen molar-refractivity contribution >= 4 is 30.5 Å². The van der Waals surface area contributed by atoms with Gasteiger partial charge in [-0.25, -0.2) is 8.42 Å². The maximum atomic E-state index is 11.4. The number of ether oxygens (including phenoxy) is 1. The summed E-state index contributed by atoms with van der Waals surface area (Å²) in [5, 5.41) is 1.29. The van der Waals surface area contributed by atoms with Gasteiger partial charge >= 0.3 is 0 Å². The maximum absolute atomic E-state index is 11.4. The summed E-state index contributed by atoms with van der Waals surface area (Å²) in [6.45, 7) is 0. The first-order valence-corrected chi connectivity index (χ1v) is 6.85. The number of rotatable bonds is 2. The Morgan fingerprint density at radius 1 is 1.06 bits per heavy atom. The first-order chi connectivity index (χ1) is 7.54. The summed E-state index contributed by atoms with van der Waals surface area (Å²) >= 11 is 0. The Hall–Kier alpha value is -1.26. The summed E-state index contributed by atoms with van der Waals surface area (Å²) in [6.07, 6.45) is 0. The number of hydrogen-bond acceptors (Lipinski definition) is 3. The molecule has 0 amide bonds. The highest BCUT2D eigenvalue weighted by molar-refractivity contribution is 8.14. The fraction of sp³-hybridized carbons (Fsp3) is 0.0909. The van der Waals surface area contributed by atoms with E-state index in [2.05, 4.69) is 0 Å². The lowest BCUT2D eigenvalue weighted by atomic mass is 10.1. The minimum atomic E-state index is -3.74. The molecule has 16 heavy (non-hydrogen) atoms. The van der Waals surface area contributed by atoms with E-state index in [1.54, 1.807) is 30.3 Å². The fourth-order valence-electron chi connectivity index (χ4n) is 1.64. The van der Waals surface area contributed by atoms with Crippen molar-refractivity contribution in [2.45, 2.75) is 4.90 Å². The van der Waals surface area contributed by atoms with Crippen molar-refractivity contribution in [3.63, 3.8) is 0 Å². The van der Waals surface area contributed by atoms with Gasteiger partial charge in [0.25, 0.3) is 9.05 Å². The van der Waals surface area contributed by atoms with Gasteiger partial charge in [-0.2, -0.15) is 0 Å². The quantitative estimate of drug-likeness (QED) is 0.776. The molecule has 0 atom stereocenters. The zero-order chi connectivity index (χ0) is 11.8. The van der Waals surface area contributed by atoms with Crippen molar-refractivity contribution in [2.75, 3.05) is 7.11 Å². The number of benzene rings is 2. The van der Waals surface area contributed by atoms with Gasteiger partial charge in [0, 0.05) is 21.5 Å². The van der Waals surface area contributed by atoms with Gasteiger partial charge in [-0.1, -0.05) is 24.3 Å². The smallest absolute Gasteiger partial charge is 0.261 e. The normalized spacial score (nSPS) is 11.6. The van der Waals surface area contributed by atoms with Crippen LogP contribution in [0.25, 0.3) is 10.8 Å². The molecule has 0 aromatic heterocycles. The second kappa shape index (κ2) is 3.96. The summed E-state index contributed by atoms with van der Waals surface area (Å²) in [5.74, 6) is 0.625. The molecule has 0 bridgehead atoms. The largest absolute Gasteiger partial charge is 0.496 e. The standard InChI is InChI=1S/C11H9ClO3S/c1-15-10-6-2-5-9-8(10)4-3-7-11(9)16(12,13)14/h2-7H,1H3. The highest BCUT2D eigenvalue weighted by Crippen LogP contribution is 2.31. The Morgan fingerprint density at radius 2 is 1.69 bits per heavy atom. The molecule has 0 saturated heterocycles. The molecule has 0 N–H and O–H groups in total. The summed E-state index contributed by atoms with van der Waals surface area (Å²) in [6, 6.07) is 10.1. The Morgan fingerprint density at radius 3 is 2.31 bits per heavy atom. The van der Waals surface area contributed by atoms with E-state index < -0.39 is 9.05 Å². The van der Waals surface area contributed by atoms with Crippen molar-refractivity contribution in [3.05, 3.63) is 36.4 Å². The van der Waals surface area contributed by atoms with E-state index in [1.165, 1.54) is 13.2 Å². The molecule has 5 heteroatoms. The average molecular weight is 257 g/mol. The van der Waals surface area contributed by atoms with Gasteiger partial charge in [0.15, 0.2) is 0 Å². The van der Waals surface area contributed by atoms with Crippen LogP contribution in [0.3, 0.4) is 0 Å². The van der Waals surface area contributed by atoms with Crippen LogP contribution in [0, 0.1) is 0 Å². The van der Waals surface area contributed by atoms with Crippen LogP contribution in [0.4, 0.5) is 0 Å². The van der Waals surface area contributed by atoms with Crippen LogP contribution in [-0.4, -0.2) is 15.5 Å². The first-order valence-electron chi connectivity index (χ1n) is 4.54. The summed E-state index contributed by atoms with van der Waals surface area (Å²) in [7, 11) is 3.17. The fourth-order valence-corrected chi connectivity index (χ4v) is 2.73. The molecule has 84 valence electrons. The van der Waals surface area contributed by atoms with Crippen LogP contribution in [-0.2, 0) is 9.05 Å². The third kappa shape index (κ3) is 1.86. The Bertz CT molecular complexity index is 635. The lowest BCUT2D eigenvalue weighted by Crippen LogP contribution is -1.93. The molecule has 2 aromatic carbocycles. The van der Waals surface area contributed by atoms with E-state index in [4.69, 9.17) is 15.4 Å². The van der Waals surface area contributed by atoms with E-state index in [-0.39, 0.29) is 4.90 Å². The predicted molar refractivity (Wildman–Crippen MR) is 63.5 cm³/mol. The van der Waals surface area contributed by atoms with E-state index in [0.717, 1.165) is 5.39 Å². The monoisotopic (exact) mass is 256 g/mol. The predicted octanol–water partition coefficient (Wildman–Crippen LogP) is 2.78. The van der Waals surface area contributed by atoms with E-state index in [9.17, 15) is 8.42 Å². The van der Waals surface area contributed by atoms with E-state index >= 15 is 0 Å². The van der Waals surface area contributed by atoms with Crippen LogP contribution in [0.2, 0.25) is 0 Å². The zero-order valence-corrected chi connectivity index (χ0v) is 10.0. The average Bonchev–Trinajstić information content (AvgIpc) is 2.26. The number of methoxy groups -OCH3 is 1. The first kappa shape index (κ1) is 11.2. The highest BCUT2D eigenvalue weighted by atomic mass is 35.7. The van der Waals surface area contributed by atoms with Crippen molar-refractivity contribution in [3.8, 4) is 5.75 Å². The lowest BCUT2D eigenvalue weighted by molar-refractivity contribution is 0.420. The molecule has 0 spiro atoms. The number of fused-ring (bicyclic) bond motifs is 1. The molecular formula is C11H9ClO3S. The van der Waals surface area contributed by atoms with Crippen molar-refractivity contribution < 1.29 is 13.2 Å². The van der Waals surface area contributed by atoms with Crippen LogP contribution >= 0.6 is 10.7 Å². The van der Waals surface area contributed by atoms with Gasteiger partial charge in [-0.15, -0.1) is 0 Å². The van der Waals surface area contributed by atoms with Crippen LogP contribution < -0.4 is 4.74 Å². The molecule has 0 saturated carbocycles. The Labute approximate surface area is 98.0 Å². The molecule has 2 rings (SSSR count). The van der Waals surface area contributed by atoms with Gasteiger partial charge in [-0.05, 0) is 12.1 Å². The molecule has 0 radical (unpaired) electrons. The van der Waals surface area contributed by atoms with E-state index in [1.807, 2.05) is 0 Å². The third-order valence-electron chi connectivity index (χ3n) is 2.32. The molecule has 0 aliphatic heterocycles. The molecule has 2 aromatic rings. The van der Waals surface area contributed by atoms with Gasteiger partial charge in [0.2, 0.25) is 0 Å². The molecular weight excluding hydrogens is 248 g/mol. The second-order valence-electron chi connectivity index (χ2n) is 3.25. The van der Waals surface area contributed by atoms with Crippen molar-refractivity contribution in [1.82, 2.24) is 0 Å². The zero-order valence-electron chi connectivity index (χ0n) is 8.48. The van der Waals surface area contributed by atoms with Crippen molar-refractivity contribution in [1.29, 1.82) is 0 Å². The third-order valence-corrected chi connectivity index (χ3v) is 3.70. The van der Waals surface area contributed by atoms with Gasteiger partial charge in [-0.3, -0.25) is 0 Å². The molecule has 0 unspecified atom stereocenters. The Kier molecular flexibility index (Phi) is 2.78. The van der Waals surface area contributed by atoms with Crippen molar-refractivity contribution in [2.24, 2.45) is 0 Å². The summed E-state index contributed by atoms with van der Waals surface area (Å²) < 4.78 is 27.9. The maximum Gasteiger partial charge on any atom is 0.261 e. The topological polar surface area (TPSA) is 43.4 Å². The highest BCUT2D eigenvalue weighted by Gasteiger charge is 2.14. The van der Waals surface area contributed by atoms with Crippen LogP contribution in [0.5, 0.6) is 5.75 Å².